The maximum absolute atomic E-state index is 10.3. The van der Waals surface area contributed by atoms with E-state index in [1.165, 1.54) is 0 Å². The first-order chi connectivity index (χ1) is 8.04. The summed E-state index contributed by atoms with van der Waals surface area (Å²) in [6.07, 6.45) is -0.152. The van der Waals surface area contributed by atoms with E-state index in [0.29, 0.717) is 19.4 Å². The van der Waals surface area contributed by atoms with Crippen molar-refractivity contribution in [3.8, 4) is 0 Å². The molecular weight excluding hydrogens is 248 g/mol. The summed E-state index contributed by atoms with van der Waals surface area (Å²) in [5.41, 5.74) is -0.795. The highest BCUT2D eigenvalue weighted by Crippen LogP contribution is 2.43. The van der Waals surface area contributed by atoms with Gasteiger partial charge in [0.1, 0.15) is 6.10 Å². The number of aliphatic hydroxyl groups excluding tert-OH is 1. The fourth-order valence-electron chi connectivity index (χ4n) is 2.52. The van der Waals surface area contributed by atoms with E-state index >= 15 is 0 Å². The zero-order chi connectivity index (χ0) is 13.8. The normalized spacial score (nSPS) is 41.2. The monoisotopic (exact) mass is 274 g/mol. The minimum Gasteiger partial charge on any atom is -0.411 e. The van der Waals surface area contributed by atoms with Gasteiger partial charge in [-0.05, 0) is 18.1 Å². The molecule has 0 aromatic rings. The number of ether oxygens (including phenoxy) is 1. The van der Waals surface area contributed by atoms with E-state index < -0.39 is 20.0 Å². The van der Waals surface area contributed by atoms with Gasteiger partial charge in [-0.2, -0.15) is 0 Å². The molecule has 2 rings (SSSR count). The summed E-state index contributed by atoms with van der Waals surface area (Å²) in [4.78, 5) is 0. The van der Waals surface area contributed by atoms with Crippen molar-refractivity contribution in [2.24, 2.45) is 0 Å². The Morgan fingerprint density at radius 3 is 2.44 bits per heavy atom. The third-order valence-corrected chi connectivity index (χ3v) is 9.25. The second-order valence-corrected chi connectivity index (χ2v) is 12.1. The van der Waals surface area contributed by atoms with Crippen LogP contribution in [0.15, 0.2) is 0 Å². The molecule has 1 aliphatic heterocycles. The van der Waals surface area contributed by atoms with Crippen molar-refractivity contribution >= 4 is 8.32 Å². The largest absolute Gasteiger partial charge is 0.411 e. The van der Waals surface area contributed by atoms with Crippen LogP contribution < -0.4 is 0 Å². The van der Waals surface area contributed by atoms with Gasteiger partial charge in [-0.25, -0.2) is 0 Å². The van der Waals surface area contributed by atoms with E-state index in [1.54, 1.807) is 0 Å². The van der Waals surface area contributed by atoms with E-state index in [-0.39, 0.29) is 17.2 Å². The van der Waals surface area contributed by atoms with Crippen molar-refractivity contribution in [2.45, 2.75) is 75.7 Å². The molecule has 1 aliphatic carbocycles. The minimum atomic E-state index is -1.93. The van der Waals surface area contributed by atoms with E-state index in [0.717, 1.165) is 0 Å². The zero-order valence-corrected chi connectivity index (χ0v) is 13.1. The lowest BCUT2D eigenvalue weighted by molar-refractivity contribution is -0.0870. The molecule has 5 heteroatoms. The van der Waals surface area contributed by atoms with E-state index in [1.807, 2.05) is 0 Å². The van der Waals surface area contributed by atoms with Gasteiger partial charge < -0.3 is 19.4 Å². The molecule has 2 fully saturated rings. The fourth-order valence-corrected chi connectivity index (χ4v) is 3.85. The lowest BCUT2D eigenvalue weighted by Gasteiger charge is -2.44. The smallest absolute Gasteiger partial charge is 0.192 e. The van der Waals surface area contributed by atoms with Gasteiger partial charge in [0.25, 0.3) is 0 Å². The lowest BCUT2D eigenvalue weighted by Crippen LogP contribution is -2.54. The van der Waals surface area contributed by atoms with E-state index in [9.17, 15) is 10.2 Å². The van der Waals surface area contributed by atoms with Crippen LogP contribution in [0.2, 0.25) is 18.1 Å². The Balaban J connectivity index is 2.10. The molecule has 1 saturated heterocycles. The second-order valence-electron chi connectivity index (χ2n) is 7.39. The van der Waals surface area contributed by atoms with Gasteiger partial charge in [0, 0.05) is 12.8 Å². The van der Waals surface area contributed by atoms with Gasteiger partial charge in [-0.3, -0.25) is 0 Å². The molecule has 106 valence electrons. The Kier molecular flexibility index (Phi) is 3.44. The van der Waals surface area contributed by atoms with Crippen LogP contribution >= 0.6 is 0 Å². The maximum Gasteiger partial charge on any atom is 0.192 e. The average molecular weight is 274 g/mol. The van der Waals surface area contributed by atoms with Gasteiger partial charge in [-0.1, -0.05) is 20.8 Å². The SMILES string of the molecule is CC(C)(C)[Si](C)(C)O[C@@H]1C[C@@]2(O)CO[C@H](C2)[C@@H]1O. The first kappa shape index (κ1) is 14.5. The third-order valence-electron chi connectivity index (χ3n) is 4.74. The summed E-state index contributed by atoms with van der Waals surface area (Å²) in [6.45, 7) is 11.2. The van der Waals surface area contributed by atoms with Crippen LogP contribution in [0.25, 0.3) is 0 Å². The predicted molar refractivity (Wildman–Crippen MR) is 72.0 cm³/mol. The van der Waals surface area contributed by atoms with Crippen molar-refractivity contribution in [2.75, 3.05) is 6.61 Å². The highest BCUT2D eigenvalue weighted by Gasteiger charge is 2.53. The average Bonchev–Trinajstić information content (AvgIpc) is 2.51. The predicted octanol–water partition coefficient (Wildman–Crippen LogP) is 1.66. The van der Waals surface area contributed by atoms with E-state index in [2.05, 4.69) is 33.9 Å². The highest BCUT2D eigenvalue weighted by atomic mass is 28.4. The van der Waals surface area contributed by atoms with Crippen LogP contribution in [-0.2, 0) is 9.16 Å². The Morgan fingerprint density at radius 2 is 1.89 bits per heavy atom. The Hall–Kier alpha value is 0.0569. The van der Waals surface area contributed by atoms with Gasteiger partial charge in [0.05, 0.1) is 24.4 Å². The quantitative estimate of drug-likeness (QED) is 0.752. The van der Waals surface area contributed by atoms with Crippen LogP contribution in [0.5, 0.6) is 0 Å². The van der Waals surface area contributed by atoms with E-state index in [4.69, 9.17) is 9.16 Å². The maximum atomic E-state index is 10.3. The summed E-state index contributed by atoms with van der Waals surface area (Å²) in [5, 5.41) is 20.7. The van der Waals surface area contributed by atoms with Crippen molar-refractivity contribution in [1.82, 2.24) is 0 Å². The van der Waals surface area contributed by atoms with Crippen molar-refractivity contribution in [1.29, 1.82) is 0 Å². The minimum absolute atomic E-state index is 0.104. The molecule has 0 amide bonds. The summed E-state index contributed by atoms with van der Waals surface area (Å²) in [5.74, 6) is 0. The second kappa shape index (κ2) is 4.28. The highest BCUT2D eigenvalue weighted by molar-refractivity contribution is 6.74. The topological polar surface area (TPSA) is 58.9 Å². The van der Waals surface area contributed by atoms with Gasteiger partial charge in [0.15, 0.2) is 8.32 Å². The van der Waals surface area contributed by atoms with Gasteiger partial charge in [-0.15, -0.1) is 0 Å². The molecule has 2 aliphatic rings. The Bertz CT molecular complexity index is 325. The summed E-state index contributed by atoms with van der Waals surface area (Å²) in [7, 11) is -1.93. The molecule has 1 heterocycles. The molecule has 0 aromatic carbocycles. The fraction of sp³-hybridized carbons (Fsp3) is 1.00. The molecule has 0 spiro atoms. The summed E-state index contributed by atoms with van der Waals surface area (Å²) in [6, 6.07) is 0. The summed E-state index contributed by atoms with van der Waals surface area (Å²) >= 11 is 0. The third kappa shape index (κ3) is 2.51. The van der Waals surface area contributed by atoms with Gasteiger partial charge >= 0.3 is 0 Å². The molecule has 0 aromatic heterocycles. The number of fused-ring (bicyclic) bond motifs is 2. The molecule has 0 radical (unpaired) electrons. The molecule has 0 unspecified atom stereocenters. The van der Waals surface area contributed by atoms with Crippen LogP contribution in [0.1, 0.15) is 33.6 Å². The van der Waals surface area contributed by atoms with Crippen LogP contribution in [0.4, 0.5) is 0 Å². The van der Waals surface area contributed by atoms with Gasteiger partial charge in [0.2, 0.25) is 0 Å². The van der Waals surface area contributed by atoms with Crippen LogP contribution in [0.3, 0.4) is 0 Å². The molecule has 2 bridgehead atoms. The van der Waals surface area contributed by atoms with Crippen molar-refractivity contribution < 1.29 is 19.4 Å². The molecule has 18 heavy (non-hydrogen) atoms. The summed E-state index contributed by atoms with van der Waals surface area (Å²) < 4.78 is 11.7. The number of hydrogen-bond acceptors (Lipinski definition) is 4. The Morgan fingerprint density at radius 1 is 1.28 bits per heavy atom. The molecule has 1 saturated carbocycles. The van der Waals surface area contributed by atoms with Crippen molar-refractivity contribution in [3.63, 3.8) is 0 Å². The van der Waals surface area contributed by atoms with Crippen LogP contribution in [0, 0.1) is 0 Å². The molecule has 2 N–H and O–H groups in total. The van der Waals surface area contributed by atoms with Crippen molar-refractivity contribution in [3.05, 3.63) is 0 Å². The molecule has 4 atom stereocenters. The first-order valence-corrected chi connectivity index (χ1v) is 9.65. The van der Waals surface area contributed by atoms with Crippen LogP contribution in [-0.4, -0.2) is 49.1 Å². The number of hydrogen-bond donors (Lipinski definition) is 2. The zero-order valence-electron chi connectivity index (χ0n) is 12.1. The standard InChI is InChI=1S/C13H26O4Si/c1-12(2,3)18(4,5)17-10-7-13(15)6-9(11(10)14)16-8-13/h9-11,14-15H,6-8H2,1-5H3/t9-,10-,11+,13-/m1/s1. The number of aliphatic hydroxyl groups is 2. The first-order valence-electron chi connectivity index (χ1n) is 6.74. The lowest BCUT2D eigenvalue weighted by atomic mass is 9.83. The molecule has 4 nitrogen and oxygen atoms in total. The Labute approximate surface area is 110 Å². The number of rotatable bonds is 2. The molecular formula is C13H26O4Si.